The maximum absolute atomic E-state index is 13.4. The summed E-state index contributed by atoms with van der Waals surface area (Å²) in [5, 5.41) is 0.239. The number of imidazole rings is 2. The van der Waals surface area contributed by atoms with Gasteiger partial charge in [-0.25, -0.2) is 14.8 Å². The third-order valence-corrected chi connectivity index (χ3v) is 6.25. The van der Waals surface area contributed by atoms with Crippen LogP contribution in [0.2, 0.25) is 5.15 Å². The predicted octanol–water partition coefficient (Wildman–Crippen LogP) is 4.50. The van der Waals surface area contributed by atoms with E-state index in [9.17, 15) is 18.0 Å². The van der Waals surface area contributed by atoms with Gasteiger partial charge in [-0.15, -0.1) is 0 Å². The average molecular weight is 465 g/mol. The molecule has 4 aromatic rings. The number of pyridine rings is 2. The molecule has 0 amide bonds. The number of nitrogens with zero attached hydrogens (tertiary/aromatic N) is 6. The highest BCUT2D eigenvalue weighted by Gasteiger charge is 2.42. The number of alkyl halides is 3. The van der Waals surface area contributed by atoms with Gasteiger partial charge in [0.05, 0.1) is 29.3 Å². The van der Waals surface area contributed by atoms with Gasteiger partial charge in [0.2, 0.25) is 0 Å². The minimum absolute atomic E-state index is 0.0874. The van der Waals surface area contributed by atoms with Gasteiger partial charge in [0.25, 0.3) is 0 Å². The van der Waals surface area contributed by atoms with Crippen molar-refractivity contribution in [2.75, 3.05) is 0 Å². The molecule has 0 spiro atoms. The second-order valence-corrected chi connectivity index (χ2v) is 8.83. The van der Waals surface area contributed by atoms with E-state index in [2.05, 4.69) is 15.0 Å². The fourth-order valence-corrected chi connectivity index (χ4v) is 4.31. The van der Waals surface area contributed by atoms with Crippen molar-refractivity contribution in [3.8, 4) is 0 Å². The molecule has 0 N–H and O–H groups in total. The maximum atomic E-state index is 13.4. The lowest BCUT2D eigenvalue weighted by atomic mass is 10.3. The van der Waals surface area contributed by atoms with E-state index in [1.165, 1.54) is 0 Å². The first kappa shape index (κ1) is 21.0. The molecule has 1 aliphatic rings. The van der Waals surface area contributed by atoms with Gasteiger partial charge in [0, 0.05) is 24.7 Å². The van der Waals surface area contributed by atoms with Crippen molar-refractivity contribution in [2.45, 2.75) is 57.4 Å². The zero-order chi connectivity index (χ0) is 22.7. The zero-order valence-electron chi connectivity index (χ0n) is 17.2. The Morgan fingerprint density at radius 1 is 1.09 bits per heavy atom. The maximum Gasteiger partial charge on any atom is 0.389 e. The smallest absolute Gasteiger partial charge is 0.325 e. The van der Waals surface area contributed by atoms with Crippen LogP contribution in [0.5, 0.6) is 0 Å². The van der Waals surface area contributed by atoms with Crippen molar-refractivity contribution in [1.29, 1.82) is 0 Å². The molecule has 0 unspecified atom stereocenters. The molecule has 1 fully saturated rings. The quantitative estimate of drug-likeness (QED) is 0.394. The van der Waals surface area contributed by atoms with Crippen LogP contribution in [0, 0.1) is 0 Å². The molecule has 32 heavy (non-hydrogen) atoms. The first-order chi connectivity index (χ1) is 15.2. The van der Waals surface area contributed by atoms with Gasteiger partial charge in [-0.3, -0.25) is 14.1 Å². The van der Waals surface area contributed by atoms with E-state index in [1.54, 1.807) is 38.2 Å². The van der Waals surface area contributed by atoms with E-state index in [0.717, 1.165) is 18.4 Å². The first-order valence-electron chi connectivity index (χ1n) is 10.3. The number of fused-ring (bicyclic) bond motifs is 2. The topological polar surface area (TPSA) is 70.5 Å². The van der Waals surface area contributed by atoms with E-state index in [4.69, 9.17) is 11.6 Å². The summed E-state index contributed by atoms with van der Waals surface area (Å²) in [6.07, 6.45) is -0.166. The van der Waals surface area contributed by atoms with Crippen LogP contribution in [-0.2, 0) is 18.6 Å². The molecule has 5 rings (SSSR count). The average Bonchev–Trinajstić information content (AvgIpc) is 3.27. The highest BCUT2D eigenvalue weighted by molar-refractivity contribution is 6.29. The molecule has 0 aromatic carbocycles. The molecule has 4 aromatic heterocycles. The monoisotopic (exact) mass is 464 g/mol. The Morgan fingerprint density at radius 2 is 1.88 bits per heavy atom. The SMILES string of the molecule is CC1(n2c(=O)n(Cc3nc4nc(Cl)ccc4n3CCCC(F)(F)F)c3cnccc32)CC1. The molecule has 168 valence electrons. The molecule has 0 saturated heterocycles. The van der Waals surface area contributed by atoms with Crippen molar-refractivity contribution in [2.24, 2.45) is 0 Å². The van der Waals surface area contributed by atoms with Crippen LogP contribution in [0.4, 0.5) is 13.2 Å². The van der Waals surface area contributed by atoms with Crippen molar-refractivity contribution >= 4 is 33.8 Å². The summed E-state index contributed by atoms with van der Waals surface area (Å²) in [7, 11) is 0. The summed E-state index contributed by atoms with van der Waals surface area (Å²) in [6, 6.07) is 5.07. The van der Waals surface area contributed by atoms with Gasteiger partial charge in [-0.2, -0.15) is 13.2 Å². The molecule has 11 heteroatoms. The third kappa shape index (κ3) is 3.66. The Balaban J connectivity index is 1.60. The number of aromatic nitrogens is 6. The predicted molar refractivity (Wildman–Crippen MR) is 114 cm³/mol. The molecular formula is C21H20ClF3N6O. The Hall–Kier alpha value is -2.88. The minimum Gasteiger partial charge on any atom is -0.325 e. The van der Waals surface area contributed by atoms with Crippen LogP contribution in [0.3, 0.4) is 0 Å². The molecular weight excluding hydrogens is 445 g/mol. The standard InChI is InChI=1S/C21H20ClF3N6O/c1-20(7-8-20)31-13-5-9-26-11-15(13)30(19(31)32)12-17-28-18-14(3-4-16(22)27-18)29(17)10-2-6-21(23,24)25/h3-5,9,11H,2,6-8,10,12H2,1H3. The molecule has 1 aliphatic carbocycles. The minimum atomic E-state index is -4.24. The Labute approximate surface area is 185 Å². The van der Waals surface area contributed by atoms with Crippen molar-refractivity contribution in [3.63, 3.8) is 0 Å². The summed E-state index contributed by atoms with van der Waals surface area (Å²) in [4.78, 5) is 26.3. The normalized spacial score (nSPS) is 15.7. The lowest BCUT2D eigenvalue weighted by molar-refractivity contribution is -0.135. The molecule has 4 heterocycles. The largest absolute Gasteiger partial charge is 0.389 e. The molecule has 0 radical (unpaired) electrons. The second kappa shape index (κ2) is 7.33. The second-order valence-electron chi connectivity index (χ2n) is 8.44. The lowest BCUT2D eigenvalue weighted by Gasteiger charge is -2.11. The number of halogens is 4. The summed E-state index contributed by atoms with van der Waals surface area (Å²) < 4.78 is 43.3. The van der Waals surface area contributed by atoms with Crippen LogP contribution in [0.1, 0.15) is 38.4 Å². The Kier molecular flexibility index (Phi) is 4.81. The van der Waals surface area contributed by atoms with Gasteiger partial charge in [-0.05, 0) is 44.4 Å². The lowest BCUT2D eigenvalue weighted by Crippen LogP contribution is -2.31. The molecule has 0 bridgehead atoms. The molecule has 0 aliphatic heterocycles. The fourth-order valence-electron chi connectivity index (χ4n) is 4.16. The van der Waals surface area contributed by atoms with Gasteiger partial charge in [0.15, 0.2) is 5.65 Å². The molecule has 7 nitrogen and oxygen atoms in total. The van der Waals surface area contributed by atoms with Crippen LogP contribution in [0.15, 0.2) is 35.4 Å². The Bertz CT molecular complexity index is 1380. The summed E-state index contributed by atoms with van der Waals surface area (Å²) >= 11 is 5.99. The van der Waals surface area contributed by atoms with Gasteiger partial charge in [0.1, 0.15) is 11.0 Å². The third-order valence-electron chi connectivity index (χ3n) is 6.04. The van der Waals surface area contributed by atoms with Gasteiger partial charge in [-0.1, -0.05) is 11.6 Å². The highest BCUT2D eigenvalue weighted by atomic mass is 35.5. The fraction of sp³-hybridized carbons (Fsp3) is 0.429. The summed E-state index contributed by atoms with van der Waals surface area (Å²) in [5.41, 5.74) is 1.94. The van der Waals surface area contributed by atoms with Crippen LogP contribution in [0.25, 0.3) is 22.2 Å². The van der Waals surface area contributed by atoms with E-state index < -0.39 is 12.6 Å². The van der Waals surface area contributed by atoms with Crippen molar-refractivity contribution in [3.05, 3.63) is 52.1 Å². The van der Waals surface area contributed by atoms with Crippen LogP contribution >= 0.6 is 11.6 Å². The Morgan fingerprint density at radius 3 is 2.59 bits per heavy atom. The number of aryl methyl sites for hydroxylation is 1. The zero-order valence-corrected chi connectivity index (χ0v) is 18.0. The number of rotatable bonds is 6. The summed E-state index contributed by atoms with van der Waals surface area (Å²) in [5.74, 6) is 0.447. The highest BCUT2D eigenvalue weighted by Crippen LogP contribution is 2.43. The van der Waals surface area contributed by atoms with Crippen molar-refractivity contribution in [1.82, 2.24) is 28.7 Å². The van der Waals surface area contributed by atoms with Crippen molar-refractivity contribution < 1.29 is 13.2 Å². The van der Waals surface area contributed by atoms with E-state index in [0.29, 0.717) is 22.5 Å². The molecule has 0 atom stereocenters. The van der Waals surface area contributed by atoms with E-state index in [-0.39, 0.29) is 35.9 Å². The number of hydrogen-bond acceptors (Lipinski definition) is 4. The molecule has 1 saturated carbocycles. The van der Waals surface area contributed by atoms with Crippen LogP contribution in [-0.4, -0.2) is 34.8 Å². The number of hydrogen-bond donors (Lipinski definition) is 0. The first-order valence-corrected chi connectivity index (χ1v) is 10.7. The van der Waals surface area contributed by atoms with E-state index >= 15 is 0 Å². The van der Waals surface area contributed by atoms with E-state index in [1.807, 2.05) is 13.0 Å². The van der Waals surface area contributed by atoms with Gasteiger partial charge < -0.3 is 4.57 Å². The van der Waals surface area contributed by atoms with Gasteiger partial charge >= 0.3 is 11.9 Å². The summed E-state index contributed by atoms with van der Waals surface area (Å²) in [6.45, 7) is 2.22. The van der Waals surface area contributed by atoms with Crippen LogP contribution < -0.4 is 5.69 Å².